The standard InChI is InChI=1S/C19H20N2O4/c1-20-9-6-14(12-17(20)22)18(23)21-10-7-13(8-11-21)15-4-2-3-5-16(15)19(24)25/h2-6,9,12-13H,7-8,10-11H2,1H3,(H,24,25). The predicted molar refractivity (Wildman–Crippen MR) is 93.0 cm³/mol. The average molecular weight is 340 g/mol. The summed E-state index contributed by atoms with van der Waals surface area (Å²) in [5.74, 6) is -0.947. The molecule has 1 aromatic heterocycles. The van der Waals surface area contributed by atoms with Gasteiger partial charge in [0, 0.05) is 38.0 Å². The summed E-state index contributed by atoms with van der Waals surface area (Å²) in [7, 11) is 1.64. The number of carboxylic acid groups (broad SMARTS) is 1. The molecule has 0 atom stereocenters. The van der Waals surface area contributed by atoms with E-state index in [0.29, 0.717) is 37.1 Å². The summed E-state index contributed by atoms with van der Waals surface area (Å²) in [6.45, 7) is 1.10. The van der Waals surface area contributed by atoms with Crippen LogP contribution in [-0.2, 0) is 7.05 Å². The fraction of sp³-hybridized carbons (Fsp3) is 0.316. The van der Waals surface area contributed by atoms with Crippen LogP contribution in [-0.4, -0.2) is 39.5 Å². The Balaban J connectivity index is 1.72. The Hall–Kier alpha value is -2.89. The van der Waals surface area contributed by atoms with E-state index in [-0.39, 0.29) is 17.4 Å². The van der Waals surface area contributed by atoms with Gasteiger partial charge in [0.1, 0.15) is 0 Å². The quantitative estimate of drug-likeness (QED) is 0.928. The number of benzene rings is 1. The second kappa shape index (κ2) is 6.93. The van der Waals surface area contributed by atoms with Crippen LogP contribution in [0.4, 0.5) is 0 Å². The zero-order valence-corrected chi connectivity index (χ0v) is 14.0. The van der Waals surface area contributed by atoms with E-state index in [0.717, 1.165) is 5.56 Å². The van der Waals surface area contributed by atoms with Crippen molar-refractivity contribution < 1.29 is 14.7 Å². The molecule has 0 bridgehead atoms. The molecule has 1 fully saturated rings. The van der Waals surface area contributed by atoms with Crippen molar-refractivity contribution in [3.63, 3.8) is 0 Å². The molecule has 6 heteroatoms. The number of aromatic nitrogens is 1. The zero-order valence-electron chi connectivity index (χ0n) is 14.0. The molecule has 1 aliphatic rings. The first kappa shape index (κ1) is 17.0. The van der Waals surface area contributed by atoms with Crippen LogP contribution in [0.3, 0.4) is 0 Å². The third-order valence-electron chi connectivity index (χ3n) is 4.76. The lowest BCUT2D eigenvalue weighted by Crippen LogP contribution is -2.38. The van der Waals surface area contributed by atoms with Gasteiger partial charge in [0.15, 0.2) is 0 Å². The van der Waals surface area contributed by atoms with Crippen LogP contribution in [0.5, 0.6) is 0 Å². The molecule has 0 unspecified atom stereocenters. The number of nitrogens with zero attached hydrogens (tertiary/aromatic N) is 2. The first-order chi connectivity index (χ1) is 12.0. The highest BCUT2D eigenvalue weighted by atomic mass is 16.4. The lowest BCUT2D eigenvalue weighted by molar-refractivity contribution is 0.0680. The van der Waals surface area contributed by atoms with Gasteiger partial charge in [-0.15, -0.1) is 0 Å². The van der Waals surface area contributed by atoms with Gasteiger partial charge in [-0.2, -0.15) is 0 Å². The number of aryl methyl sites for hydroxylation is 1. The van der Waals surface area contributed by atoms with Crippen LogP contribution < -0.4 is 5.56 Å². The highest BCUT2D eigenvalue weighted by Gasteiger charge is 2.27. The molecular weight excluding hydrogens is 320 g/mol. The van der Waals surface area contributed by atoms with Crippen molar-refractivity contribution in [2.75, 3.05) is 13.1 Å². The SMILES string of the molecule is Cn1ccc(C(=O)N2CCC(c3ccccc3C(=O)O)CC2)cc1=O. The molecule has 1 amide bonds. The number of aromatic carboxylic acids is 1. The minimum atomic E-state index is -0.922. The first-order valence-corrected chi connectivity index (χ1v) is 8.25. The molecule has 0 radical (unpaired) electrons. The minimum absolute atomic E-state index is 0.125. The van der Waals surface area contributed by atoms with Crippen LogP contribution >= 0.6 is 0 Å². The molecule has 1 N–H and O–H groups in total. The molecule has 6 nitrogen and oxygen atoms in total. The molecule has 1 aromatic carbocycles. The van der Waals surface area contributed by atoms with Crippen molar-refractivity contribution in [2.24, 2.45) is 7.05 Å². The van der Waals surface area contributed by atoms with Crippen LogP contribution in [0.15, 0.2) is 47.4 Å². The maximum Gasteiger partial charge on any atom is 0.335 e. The maximum atomic E-state index is 12.6. The molecule has 2 heterocycles. The number of hydrogen-bond acceptors (Lipinski definition) is 3. The smallest absolute Gasteiger partial charge is 0.335 e. The van der Waals surface area contributed by atoms with E-state index < -0.39 is 5.97 Å². The highest BCUT2D eigenvalue weighted by Crippen LogP contribution is 2.30. The van der Waals surface area contributed by atoms with Gasteiger partial charge < -0.3 is 14.6 Å². The number of carboxylic acids is 1. The Morgan fingerprint density at radius 1 is 1.12 bits per heavy atom. The number of rotatable bonds is 3. The monoisotopic (exact) mass is 340 g/mol. The van der Waals surface area contributed by atoms with Gasteiger partial charge >= 0.3 is 5.97 Å². The van der Waals surface area contributed by atoms with Gasteiger partial charge in [-0.3, -0.25) is 9.59 Å². The van der Waals surface area contributed by atoms with E-state index in [1.807, 2.05) is 12.1 Å². The molecule has 25 heavy (non-hydrogen) atoms. The Morgan fingerprint density at radius 2 is 1.80 bits per heavy atom. The van der Waals surface area contributed by atoms with Crippen molar-refractivity contribution >= 4 is 11.9 Å². The first-order valence-electron chi connectivity index (χ1n) is 8.25. The number of piperidine rings is 1. The summed E-state index contributed by atoms with van der Waals surface area (Å²) < 4.78 is 1.42. The van der Waals surface area contributed by atoms with Crippen LogP contribution in [0.25, 0.3) is 0 Å². The molecular formula is C19H20N2O4. The van der Waals surface area contributed by atoms with Crippen molar-refractivity contribution in [3.05, 3.63) is 69.6 Å². The normalized spacial score (nSPS) is 15.2. The lowest BCUT2D eigenvalue weighted by atomic mass is 9.86. The van der Waals surface area contributed by atoms with Crippen LogP contribution in [0.1, 0.15) is 45.0 Å². The van der Waals surface area contributed by atoms with Gasteiger partial charge in [-0.05, 0) is 36.5 Å². The zero-order chi connectivity index (χ0) is 18.0. The third kappa shape index (κ3) is 3.47. The Labute approximate surface area is 145 Å². The number of hydrogen-bond donors (Lipinski definition) is 1. The van der Waals surface area contributed by atoms with Crippen molar-refractivity contribution in [1.82, 2.24) is 9.47 Å². The molecule has 3 rings (SSSR count). The van der Waals surface area contributed by atoms with Crippen molar-refractivity contribution in [1.29, 1.82) is 0 Å². The third-order valence-corrected chi connectivity index (χ3v) is 4.76. The fourth-order valence-electron chi connectivity index (χ4n) is 3.31. The molecule has 0 spiro atoms. The summed E-state index contributed by atoms with van der Waals surface area (Å²) in [6.07, 6.45) is 3.01. The van der Waals surface area contributed by atoms with E-state index in [9.17, 15) is 19.5 Å². The largest absolute Gasteiger partial charge is 0.478 e. The van der Waals surface area contributed by atoms with Gasteiger partial charge in [0.05, 0.1) is 5.56 Å². The number of likely N-dealkylation sites (tertiary alicyclic amines) is 1. The number of carbonyl (C=O) groups is 2. The maximum absolute atomic E-state index is 12.6. The highest BCUT2D eigenvalue weighted by molar-refractivity contribution is 5.94. The Morgan fingerprint density at radius 3 is 2.44 bits per heavy atom. The second-order valence-corrected chi connectivity index (χ2v) is 6.32. The van der Waals surface area contributed by atoms with E-state index in [1.165, 1.54) is 10.6 Å². The van der Waals surface area contributed by atoms with Crippen LogP contribution in [0.2, 0.25) is 0 Å². The lowest BCUT2D eigenvalue weighted by Gasteiger charge is -2.32. The van der Waals surface area contributed by atoms with Gasteiger partial charge in [-0.25, -0.2) is 4.79 Å². The molecule has 130 valence electrons. The number of carbonyl (C=O) groups excluding carboxylic acids is 1. The molecule has 1 saturated heterocycles. The van der Waals surface area contributed by atoms with Gasteiger partial charge in [0.2, 0.25) is 0 Å². The number of amides is 1. The van der Waals surface area contributed by atoms with Crippen molar-refractivity contribution in [3.8, 4) is 0 Å². The molecule has 0 saturated carbocycles. The van der Waals surface area contributed by atoms with E-state index in [2.05, 4.69) is 0 Å². The molecule has 0 aliphatic carbocycles. The topological polar surface area (TPSA) is 79.6 Å². The molecule has 2 aromatic rings. The van der Waals surface area contributed by atoms with E-state index in [1.54, 1.807) is 36.3 Å². The summed E-state index contributed by atoms with van der Waals surface area (Å²) >= 11 is 0. The van der Waals surface area contributed by atoms with E-state index >= 15 is 0 Å². The van der Waals surface area contributed by atoms with Crippen LogP contribution in [0, 0.1) is 0 Å². The second-order valence-electron chi connectivity index (χ2n) is 6.32. The molecule has 1 aliphatic heterocycles. The average Bonchev–Trinajstić information content (AvgIpc) is 2.63. The van der Waals surface area contributed by atoms with Gasteiger partial charge in [-0.1, -0.05) is 18.2 Å². The summed E-state index contributed by atoms with van der Waals surface area (Å²) in [6, 6.07) is 10.0. The minimum Gasteiger partial charge on any atom is -0.478 e. The number of pyridine rings is 1. The van der Waals surface area contributed by atoms with E-state index in [4.69, 9.17) is 0 Å². The fourth-order valence-corrected chi connectivity index (χ4v) is 3.31. The van der Waals surface area contributed by atoms with Gasteiger partial charge in [0.25, 0.3) is 11.5 Å². The Bertz CT molecular complexity index is 864. The Kier molecular flexibility index (Phi) is 4.70. The summed E-state index contributed by atoms with van der Waals surface area (Å²) in [5.41, 5.74) is 1.35. The summed E-state index contributed by atoms with van der Waals surface area (Å²) in [5, 5.41) is 9.34. The van der Waals surface area contributed by atoms with Crippen molar-refractivity contribution in [2.45, 2.75) is 18.8 Å². The summed E-state index contributed by atoms with van der Waals surface area (Å²) in [4.78, 5) is 37.4. The predicted octanol–water partition coefficient (Wildman–Crippen LogP) is 2.10.